The molecule has 0 radical (unpaired) electrons. The number of carbonyl (C=O) groups is 10. The van der Waals surface area contributed by atoms with Crippen LogP contribution in [-0.2, 0) is 95.3 Å². The van der Waals surface area contributed by atoms with E-state index in [9.17, 15) is 68.4 Å². The molecule has 20 unspecified atom stereocenters. The molecule has 4 aliphatic heterocycles. The van der Waals surface area contributed by atoms with Gasteiger partial charge in [0.1, 0.15) is 30.8 Å². The SMILES string of the molecule is COC(=O)C12OCC34C(CC5C(C)=C(OC(=O)CC(=O)OC6=C(C)C7CC8OC(=O)C(OC(=O)C=C(C)C)C9C%10(C(=O)OC)OCC89C(C(O)C%10O)C7(C)CC6=O)C(=O)CC5(C)C3C(O)C1O)OC(=O)C(OC(=O)C=C(C)C)C24. The number of aliphatic hydroxyl groups excluding tert-OH is 4. The highest BCUT2D eigenvalue weighted by molar-refractivity contribution is 6.02. The van der Waals surface area contributed by atoms with E-state index >= 15 is 0 Å². The van der Waals surface area contributed by atoms with Crippen LogP contribution in [0, 0.1) is 57.2 Å². The van der Waals surface area contributed by atoms with Gasteiger partial charge in [-0.25, -0.2) is 28.8 Å². The summed E-state index contributed by atoms with van der Waals surface area (Å²) in [6, 6.07) is 0. The summed E-state index contributed by atoms with van der Waals surface area (Å²) >= 11 is 0. The van der Waals surface area contributed by atoms with E-state index in [-0.39, 0.29) is 24.0 Å². The number of aliphatic hydroxyl groups is 4. The van der Waals surface area contributed by atoms with E-state index in [4.69, 9.17) is 47.4 Å². The Balaban J connectivity index is 0.908. The van der Waals surface area contributed by atoms with Crippen molar-refractivity contribution in [2.45, 2.75) is 148 Å². The predicted molar refractivity (Wildman–Crippen MR) is 257 cm³/mol. The molecule has 2 spiro atoms. The maximum absolute atomic E-state index is 14.4. The van der Waals surface area contributed by atoms with Gasteiger partial charge in [0.2, 0.25) is 23.4 Å². The summed E-state index contributed by atoms with van der Waals surface area (Å²) in [4.78, 5) is 138. The van der Waals surface area contributed by atoms with Crippen LogP contribution in [0.1, 0.15) is 87.5 Å². The van der Waals surface area contributed by atoms with Gasteiger partial charge in [-0.15, -0.1) is 0 Å². The summed E-state index contributed by atoms with van der Waals surface area (Å²) in [5.41, 5.74) is -9.23. The number of methoxy groups -OCH3 is 2. The van der Waals surface area contributed by atoms with E-state index in [2.05, 4.69) is 0 Å². The van der Waals surface area contributed by atoms with Crippen LogP contribution in [0.2, 0.25) is 0 Å². The van der Waals surface area contributed by atoms with Crippen molar-refractivity contribution in [2.75, 3.05) is 27.4 Å². The fourth-order valence-electron chi connectivity index (χ4n) is 17.2. The first-order valence-electron chi connectivity index (χ1n) is 26.2. The second-order valence-corrected chi connectivity index (χ2v) is 24.1. The molecule has 4 saturated heterocycles. The lowest BCUT2D eigenvalue weighted by molar-refractivity contribution is -0.290. The Bertz CT molecular complexity index is 2730. The van der Waals surface area contributed by atoms with Crippen molar-refractivity contribution in [1.82, 2.24) is 0 Å². The molecule has 0 aromatic rings. The van der Waals surface area contributed by atoms with Crippen molar-refractivity contribution < 1.29 is 116 Å². The Hall–Kier alpha value is -6.18. The highest BCUT2D eigenvalue weighted by Crippen LogP contribution is 2.75. The molecule has 4 N–H and O–H groups in total. The van der Waals surface area contributed by atoms with Gasteiger partial charge < -0.3 is 67.8 Å². The third kappa shape index (κ3) is 7.38. The molecule has 4 heterocycles. The second-order valence-electron chi connectivity index (χ2n) is 24.1. The fraction of sp³-hybridized carbons (Fsp3) is 0.673. The number of allylic oxidation sites excluding steroid dienone is 6. The van der Waals surface area contributed by atoms with Crippen LogP contribution < -0.4 is 0 Å². The zero-order valence-electron chi connectivity index (χ0n) is 45.1. The molecule has 4 saturated carbocycles. The van der Waals surface area contributed by atoms with Crippen molar-refractivity contribution in [3.05, 3.63) is 46.0 Å². The van der Waals surface area contributed by atoms with E-state index < -0.39 is 221 Å². The number of hydrogen-bond acceptors (Lipinski definition) is 24. The van der Waals surface area contributed by atoms with Crippen molar-refractivity contribution in [1.29, 1.82) is 0 Å². The average molecular weight is 1110 g/mol. The molecule has 10 rings (SSSR count). The molecule has 428 valence electrons. The van der Waals surface area contributed by atoms with E-state index in [1.165, 1.54) is 13.8 Å². The minimum Gasteiger partial charge on any atom is -0.467 e. The van der Waals surface area contributed by atoms with Crippen molar-refractivity contribution in [3.8, 4) is 0 Å². The van der Waals surface area contributed by atoms with E-state index in [0.717, 1.165) is 26.4 Å². The third-order valence-electron chi connectivity index (χ3n) is 19.6. The van der Waals surface area contributed by atoms with Crippen LogP contribution in [0.5, 0.6) is 0 Å². The van der Waals surface area contributed by atoms with Gasteiger partial charge in [0.25, 0.3) is 0 Å². The molecular formula is C55H64O24. The molecule has 24 nitrogen and oxygen atoms in total. The number of Topliss-reactive ketones (excluding diaryl/α,β-unsaturated/α-hetero) is 2. The monoisotopic (exact) mass is 1110 g/mol. The predicted octanol–water partition coefficient (Wildman–Crippen LogP) is 0.408. The van der Waals surface area contributed by atoms with E-state index in [1.54, 1.807) is 41.5 Å². The lowest BCUT2D eigenvalue weighted by atomic mass is 9.38. The first kappa shape index (κ1) is 56.1. The zero-order valence-corrected chi connectivity index (χ0v) is 45.1. The average Bonchev–Trinajstić information content (AvgIpc) is 3.86. The van der Waals surface area contributed by atoms with Gasteiger partial charge in [-0.2, -0.15) is 0 Å². The summed E-state index contributed by atoms with van der Waals surface area (Å²) in [7, 11) is 2.05. The molecule has 8 fully saturated rings. The van der Waals surface area contributed by atoms with Gasteiger partial charge in [0, 0.05) is 47.7 Å². The lowest BCUT2D eigenvalue weighted by Crippen LogP contribution is -2.79. The van der Waals surface area contributed by atoms with Gasteiger partial charge in [-0.3, -0.25) is 19.2 Å². The van der Waals surface area contributed by atoms with Crippen LogP contribution in [0.3, 0.4) is 0 Å². The van der Waals surface area contributed by atoms with Crippen LogP contribution >= 0.6 is 0 Å². The van der Waals surface area contributed by atoms with Crippen LogP contribution in [-0.4, -0.2) is 167 Å². The van der Waals surface area contributed by atoms with Gasteiger partial charge in [0.15, 0.2) is 23.1 Å². The van der Waals surface area contributed by atoms with Gasteiger partial charge >= 0.3 is 47.8 Å². The molecule has 6 aliphatic carbocycles. The Morgan fingerprint density at radius 3 is 1.27 bits per heavy atom. The summed E-state index contributed by atoms with van der Waals surface area (Å²) < 4.78 is 57.2. The van der Waals surface area contributed by atoms with Crippen molar-refractivity contribution in [3.63, 3.8) is 0 Å². The highest BCUT2D eigenvalue weighted by atomic mass is 16.6. The largest absolute Gasteiger partial charge is 0.467 e. The van der Waals surface area contributed by atoms with Crippen LogP contribution in [0.15, 0.2) is 46.0 Å². The second kappa shape index (κ2) is 18.7. The molecule has 20 atom stereocenters. The van der Waals surface area contributed by atoms with Gasteiger partial charge in [-0.1, -0.05) is 25.0 Å². The maximum atomic E-state index is 14.4. The minimum atomic E-state index is -2.41. The molecule has 0 aromatic carbocycles. The number of fused-ring (bicyclic) bond motifs is 4. The van der Waals surface area contributed by atoms with Crippen molar-refractivity contribution >= 4 is 59.3 Å². The number of carbonyl (C=O) groups excluding carboxylic acids is 10. The molecule has 4 bridgehead atoms. The Morgan fingerprint density at radius 1 is 0.582 bits per heavy atom. The van der Waals surface area contributed by atoms with E-state index in [1.807, 2.05) is 0 Å². The summed E-state index contributed by atoms with van der Waals surface area (Å²) in [6.45, 7) is 12.0. The first-order chi connectivity index (χ1) is 37.0. The molecule has 10 aliphatic rings. The Kier molecular flexibility index (Phi) is 13.3. The molecule has 0 aromatic heterocycles. The van der Waals surface area contributed by atoms with Crippen LogP contribution in [0.25, 0.3) is 0 Å². The summed E-state index contributed by atoms with van der Waals surface area (Å²) in [5, 5.41) is 48.3. The third-order valence-corrected chi connectivity index (χ3v) is 19.6. The zero-order chi connectivity index (χ0) is 57.8. The number of ketones is 2. The fourth-order valence-corrected chi connectivity index (χ4v) is 17.2. The smallest absolute Gasteiger partial charge is 0.348 e. The highest BCUT2D eigenvalue weighted by Gasteiger charge is 2.87. The first-order valence-corrected chi connectivity index (χ1v) is 26.2. The topological polar surface area (TPSA) is 344 Å². The lowest BCUT2D eigenvalue weighted by Gasteiger charge is -2.67. The van der Waals surface area contributed by atoms with Crippen molar-refractivity contribution in [2.24, 2.45) is 57.2 Å². The normalized spacial score (nSPS) is 43.8. The molecule has 24 heteroatoms. The molecular weight excluding hydrogens is 1040 g/mol. The summed E-state index contributed by atoms with van der Waals surface area (Å²) in [5.74, 6) is -18.2. The molecule has 0 amide bonds. The van der Waals surface area contributed by atoms with Gasteiger partial charge in [-0.05, 0) is 88.2 Å². The number of rotatable bonds is 10. The van der Waals surface area contributed by atoms with Crippen LogP contribution in [0.4, 0.5) is 0 Å². The Labute approximate surface area is 452 Å². The number of esters is 8. The summed E-state index contributed by atoms with van der Waals surface area (Å²) in [6.07, 6.45) is -13.8. The Morgan fingerprint density at radius 2 is 0.937 bits per heavy atom. The van der Waals surface area contributed by atoms with E-state index in [0.29, 0.717) is 11.1 Å². The standard InChI is InChI=1S/C55H64O24/c1-20(2)11-30(58)78-38-42-52-18-72-54(42,48(68)70-9)44(64)34(62)40(52)50(7)16-26(56)36(22(5)24(50)13-28(52)74-46(38)66)76-32(60)15-33(61)77-37-23(6)25-14-29-53-19-73-55(49(69)71-10,45(65)35(63)41(53)51(25,8)17-27(37)57)43(53)39(47(67)75-29)79-31(59)12-21(3)4/h11-12,24-25,28-29,34-35,38-45,62-65H,13-19H2,1-10H3. The maximum Gasteiger partial charge on any atom is 0.348 e. The minimum absolute atomic E-state index is 0.0900. The quantitative estimate of drug-likeness (QED) is 0.0996. The number of hydrogen-bond donors (Lipinski definition) is 4. The molecule has 79 heavy (non-hydrogen) atoms. The number of ether oxygens (including phenoxy) is 10. The van der Waals surface area contributed by atoms with Gasteiger partial charge in [0.05, 0.1) is 51.5 Å².